The lowest BCUT2D eigenvalue weighted by molar-refractivity contribution is -0.385. The third kappa shape index (κ3) is 2.18. The number of nitrogens with zero attached hydrogens (tertiary/aromatic N) is 1. The molecule has 0 amide bonds. The van der Waals surface area contributed by atoms with Gasteiger partial charge in [0.25, 0.3) is 5.69 Å². The first-order chi connectivity index (χ1) is 6.56. The number of rotatable bonds is 3. The molecule has 0 bridgehead atoms. The van der Waals surface area contributed by atoms with Crippen molar-refractivity contribution in [2.45, 2.75) is 4.90 Å². The van der Waals surface area contributed by atoms with Crippen molar-refractivity contribution < 1.29 is 14.8 Å². The molecule has 0 aliphatic carbocycles. The van der Waals surface area contributed by atoms with Gasteiger partial charge in [-0.3, -0.25) is 10.1 Å². The summed E-state index contributed by atoms with van der Waals surface area (Å²) in [5.74, 6) is -1.33. The molecule has 0 unspecified atom stereocenters. The summed E-state index contributed by atoms with van der Waals surface area (Å²) in [6.07, 6.45) is 0. The first-order valence-electron chi connectivity index (χ1n) is 3.38. The molecule has 73 valence electrons. The Morgan fingerprint density at radius 2 is 2.21 bits per heavy atom. The van der Waals surface area contributed by atoms with Gasteiger partial charge in [-0.1, -0.05) is 0 Å². The second kappa shape index (κ2) is 4.34. The van der Waals surface area contributed by atoms with Gasteiger partial charge in [-0.15, -0.1) is 0 Å². The van der Waals surface area contributed by atoms with Crippen LogP contribution in [0, 0.1) is 10.1 Å². The van der Waals surface area contributed by atoms with Crippen molar-refractivity contribution in [1.82, 2.24) is 0 Å². The van der Waals surface area contributed by atoms with Gasteiger partial charge < -0.3 is 5.11 Å². The van der Waals surface area contributed by atoms with E-state index >= 15 is 0 Å². The van der Waals surface area contributed by atoms with Crippen LogP contribution in [0.15, 0.2) is 23.1 Å². The zero-order valence-corrected chi connectivity index (χ0v) is 8.30. The average molecular weight is 230 g/mol. The highest BCUT2D eigenvalue weighted by Gasteiger charge is 2.19. The van der Waals surface area contributed by atoms with Gasteiger partial charge in [-0.05, 0) is 34.6 Å². The van der Waals surface area contributed by atoms with Gasteiger partial charge in [-0.25, -0.2) is 4.79 Å². The second-order valence-corrected chi connectivity index (χ2v) is 3.46. The molecular formula is C7H4NO4S2. The van der Waals surface area contributed by atoms with E-state index in [9.17, 15) is 14.9 Å². The van der Waals surface area contributed by atoms with E-state index in [1.54, 1.807) is 0 Å². The van der Waals surface area contributed by atoms with E-state index in [2.05, 4.69) is 11.7 Å². The molecule has 1 aromatic carbocycles. The van der Waals surface area contributed by atoms with Crippen LogP contribution in [0.4, 0.5) is 5.69 Å². The van der Waals surface area contributed by atoms with Crippen molar-refractivity contribution >= 4 is 34.1 Å². The number of hydrogen-bond donors (Lipinski definition) is 1. The Bertz CT molecular complexity index is 393. The van der Waals surface area contributed by atoms with Gasteiger partial charge in [0.05, 0.1) is 4.92 Å². The van der Waals surface area contributed by atoms with Crippen molar-refractivity contribution in [3.8, 4) is 0 Å². The predicted octanol–water partition coefficient (Wildman–Crippen LogP) is 2.50. The molecule has 5 nitrogen and oxygen atoms in total. The highest BCUT2D eigenvalue weighted by atomic mass is 33.1. The first-order valence-corrected chi connectivity index (χ1v) is 5.12. The van der Waals surface area contributed by atoms with Crippen molar-refractivity contribution in [3.05, 3.63) is 33.9 Å². The summed E-state index contributed by atoms with van der Waals surface area (Å²) in [7, 11) is 0.918. The highest BCUT2D eigenvalue weighted by Crippen LogP contribution is 2.27. The smallest absolute Gasteiger partial charge is 0.342 e. The van der Waals surface area contributed by atoms with E-state index in [1.807, 2.05) is 0 Å². The lowest BCUT2D eigenvalue weighted by Gasteiger charge is -1.99. The molecule has 0 aliphatic heterocycles. The lowest BCUT2D eigenvalue weighted by Crippen LogP contribution is -2.02. The number of nitro benzene ring substituents is 1. The zero-order valence-electron chi connectivity index (χ0n) is 6.67. The number of aromatic carboxylic acids is 1. The molecule has 0 saturated heterocycles. The van der Waals surface area contributed by atoms with Crippen LogP contribution in [0.5, 0.6) is 0 Å². The minimum Gasteiger partial charge on any atom is -0.477 e. The standard InChI is InChI=1S/C7H4NO4S2/c9-7(10)5-3-4(14-13)1-2-6(5)8(11)12/h1-3H,(H,9,10). The fraction of sp³-hybridized carbons (Fsp3) is 0. The Hall–Kier alpha value is -1.21. The Morgan fingerprint density at radius 3 is 2.64 bits per heavy atom. The van der Waals surface area contributed by atoms with Gasteiger partial charge >= 0.3 is 5.97 Å². The van der Waals surface area contributed by atoms with E-state index in [-0.39, 0.29) is 5.56 Å². The normalized spacial score (nSPS) is 9.79. The molecule has 0 heterocycles. The Balaban J connectivity index is 3.31. The summed E-state index contributed by atoms with van der Waals surface area (Å²) in [4.78, 5) is 20.8. The van der Waals surface area contributed by atoms with Crippen LogP contribution in [0.2, 0.25) is 0 Å². The third-order valence-electron chi connectivity index (χ3n) is 1.49. The topological polar surface area (TPSA) is 80.4 Å². The molecule has 0 atom stereocenters. The van der Waals surface area contributed by atoms with Crippen LogP contribution < -0.4 is 0 Å². The van der Waals surface area contributed by atoms with Crippen molar-refractivity contribution in [3.63, 3.8) is 0 Å². The van der Waals surface area contributed by atoms with E-state index in [0.717, 1.165) is 16.9 Å². The summed E-state index contributed by atoms with van der Waals surface area (Å²) >= 11 is 4.63. The molecule has 0 saturated carbocycles. The van der Waals surface area contributed by atoms with Gasteiger partial charge in [0.1, 0.15) is 5.56 Å². The highest BCUT2D eigenvalue weighted by molar-refractivity contribution is 8.68. The SMILES string of the molecule is O=C(O)c1cc(S[S])ccc1[N+](=O)[O-]. The van der Waals surface area contributed by atoms with Crippen molar-refractivity contribution in [2.75, 3.05) is 0 Å². The van der Waals surface area contributed by atoms with Crippen LogP contribution in [0.3, 0.4) is 0 Å². The lowest BCUT2D eigenvalue weighted by atomic mass is 10.2. The number of carboxylic acid groups (broad SMARTS) is 1. The summed E-state index contributed by atoms with van der Waals surface area (Å²) in [5, 5.41) is 19.1. The quantitative estimate of drug-likeness (QED) is 0.490. The number of hydrogen-bond acceptors (Lipinski definition) is 4. The number of carbonyl (C=O) groups is 1. The maximum Gasteiger partial charge on any atom is 0.342 e. The third-order valence-corrected chi connectivity index (χ3v) is 2.52. The molecule has 0 aliphatic rings. The minimum absolute atomic E-state index is 0.343. The Kier molecular flexibility index (Phi) is 3.37. The Labute approximate surface area is 88.1 Å². The maximum atomic E-state index is 10.6. The summed E-state index contributed by atoms with van der Waals surface area (Å²) in [5.41, 5.74) is -0.768. The monoisotopic (exact) mass is 230 g/mol. The molecule has 0 spiro atoms. The fourth-order valence-corrected chi connectivity index (χ4v) is 1.50. The van der Waals surface area contributed by atoms with Crippen molar-refractivity contribution in [2.24, 2.45) is 0 Å². The van der Waals surface area contributed by atoms with Crippen LogP contribution in [-0.2, 0) is 0 Å². The first kappa shape index (κ1) is 10.9. The molecule has 7 heteroatoms. The average Bonchev–Trinajstić information content (AvgIpc) is 2.16. The minimum atomic E-state index is -1.33. The number of carboxylic acids is 1. The largest absolute Gasteiger partial charge is 0.477 e. The van der Waals surface area contributed by atoms with Gasteiger partial charge in [-0.2, -0.15) is 0 Å². The molecule has 0 fully saturated rings. The van der Waals surface area contributed by atoms with Crippen LogP contribution in [-0.4, -0.2) is 16.0 Å². The molecule has 1 N–H and O–H groups in total. The van der Waals surface area contributed by atoms with Crippen molar-refractivity contribution in [1.29, 1.82) is 0 Å². The van der Waals surface area contributed by atoms with Crippen LogP contribution in [0.25, 0.3) is 0 Å². The fourth-order valence-electron chi connectivity index (χ4n) is 0.897. The van der Waals surface area contributed by atoms with E-state index in [0.29, 0.717) is 4.90 Å². The molecule has 1 rings (SSSR count). The molecular weight excluding hydrogens is 226 g/mol. The predicted molar refractivity (Wildman–Crippen MR) is 53.5 cm³/mol. The maximum absolute atomic E-state index is 10.6. The van der Waals surface area contributed by atoms with Gasteiger partial charge in [0.2, 0.25) is 0 Å². The van der Waals surface area contributed by atoms with E-state index in [4.69, 9.17) is 5.11 Å². The van der Waals surface area contributed by atoms with E-state index < -0.39 is 16.6 Å². The molecule has 1 radical (unpaired) electrons. The summed E-state index contributed by atoms with van der Waals surface area (Å²) in [6.45, 7) is 0. The molecule has 1 aromatic rings. The Morgan fingerprint density at radius 1 is 1.57 bits per heavy atom. The van der Waals surface area contributed by atoms with E-state index in [1.165, 1.54) is 12.1 Å². The summed E-state index contributed by atoms with van der Waals surface area (Å²) in [6, 6.07) is 3.75. The van der Waals surface area contributed by atoms with Crippen LogP contribution in [0.1, 0.15) is 10.4 Å². The second-order valence-electron chi connectivity index (χ2n) is 2.32. The zero-order chi connectivity index (χ0) is 10.7. The number of nitro groups is 1. The molecule has 0 aromatic heterocycles. The summed E-state index contributed by atoms with van der Waals surface area (Å²) < 4.78 is 0. The van der Waals surface area contributed by atoms with Gasteiger partial charge in [0, 0.05) is 11.0 Å². The van der Waals surface area contributed by atoms with Gasteiger partial charge in [0.15, 0.2) is 0 Å². The number of benzene rings is 1. The molecule has 14 heavy (non-hydrogen) atoms. The van der Waals surface area contributed by atoms with Crippen LogP contribution >= 0.6 is 22.5 Å².